The first kappa shape index (κ1) is 23.7. The predicted molar refractivity (Wildman–Crippen MR) is 139 cm³/mol. The second-order valence-corrected chi connectivity index (χ2v) is 10.9. The van der Waals surface area contributed by atoms with Gasteiger partial charge in [0.05, 0.1) is 16.3 Å². The van der Waals surface area contributed by atoms with Crippen molar-refractivity contribution in [3.8, 4) is 17.0 Å². The monoisotopic (exact) mass is 562 g/mol. The van der Waals surface area contributed by atoms with Crippen molar-refractivity contribution in [3.05, 3.63) is 62.2 Å². The summed E-state index contributed by atoms with van der Waals surface area (Å²) in [6, 6.07) is 11.0. The number of nitrogens with zero attached hydrogens (tertiary/aromatic N) is 3. The molecule has 0 aliphatic carbocycles. The second-order valence-electron chi connectivity index (χ2n) is 9.16. The number of benzene rings is 2. The van der Waals surface area contributed by atoms with Gasteiger partial charge in [0.25, 0.3) is 5.91 Å². The zero-order valence-corrected chi connectivity index (χ0v) is 22.1. The van der Waals surface area contributed by atoms with Crippen LogP contribution >= 0.6 is 39.1 Å². The highest BCUT2D eigenvalue weighted by Gasteiger charge is 2.41. The van der Waals surface area contributed by atoms with E-state index < -0.39 is 5.60 Å². The standard InChI is InChI=1S/C25H25BrCl2N4O2/c1-25(2)21-22(17-9-7-15(26)13-20(17)34-25)29-30-23(21)24(33)32(31-11-5-3-4-6-12-31)19-10-8-16(27)14-18(19)28/h7-10,13-14H,3-6,11-12H2,1-2H3,(H,29,30). The highest BCUT2D eigenvalue weighted by atomic mass is 79.9. The van der Waals surface area contributed by atoms with Gasteiger partial charge in [-0.15, -0.1) is 0 Å². The van der Waals surface area contributed by atoms with E-state index in [0.717, 1.165) is 65.8 Å². The molecule has 0 radical (unpaired) electrons. The number of aromatic nitrogens is 2. The third kappa shape index (κ3) is 4.24. The molecule has 1 saturated heterocycles. The minimum absolute atomic E-state index is 0.225. The van der Waals surface area contributed by atoms with Crippen molar-refractivity contribution in [2.45, 2.75) is 45.1 Å². The molecule has 5 rings (SSSR count). The number of halogens is 3. The van der Waals surface area contributed by atoms with Crippen molar-refractivity contribution >= 4 is 50.7 Å². The normalized spacial score (nSPS) is 17.3. The molecule has 9 heteroatoms. The number of carbonyl (C=O) groups is 1. The van der Waals surface area contributed by atoms with Crippen LogP contribution in [0.3, 0.4) is 0 Å². The largest absolute Gasteiger partial charge is 0.482 e. The quantitative estimate of drug-likeness (QED) is 0.365. The summed E-state index contributed by atoms with van der Waals surface area (Å²) in [5.41, 5.74) is 2.52. The van der Waals surface area contributed by atoms with Gasteiger partial charge in [0.2, 0.25) is 0 Å². The fourth-order valence-corrected chi connectivity index (χ4v) is 5.61. The number of rotatable bonds is 3. The summed E-state index contributed by atoms with van der Waals surface area (Å²) in [4.78, 5) is 14.2. The molecule has 3 heterocycles. The first-order valence-corrected chi connectivity index (χ1v) is 12.9. The Kier molecular flexibility index (Phi) is 6.40. The zero-order chi connectivity index (χ0) is 24.0. The molecule has 34 heavy (non-hydrogen) atoms. The van der Waals surface area contributed by atoms with Crippen molar-refractivity contribution in [1.29, 1.82) is 0 Å². The van der Waals surface area contributed by atoms with Crippen molar-refractivity contribution in [3.63, 3.8) is 0 Å². The number of anilines is 1. The van der Waals surface area contributed by atoms with Gasteiger partial charge in [-0.2, -0.15) is 5.10 Å². The Labute approximate surface area is 217 Å². The summed E-state index contributed by atoms with van der Waals surface area (Å²) in [6.45, 7) is 5.43. The summed E-state index contributed by atoms with van der Waals surface area (Å²) in [7, 11) is 0. The molecular weight excluding hydrogens is 539 g/mol. The van der Waals surface area contributed by atoms with Crippen molar-refractivity contribution in [1.82, 2.24) is 15.2 Å². The van der Waals surface area contributed by atoms with Crippen LogP contribution in [0.4, 0.5) is 5.69 Å². The maximum atomic E-state index is 14.2. The summed E-state index contributed by atoms with van der Waals surface area (Å²) in [5, 5.41) is 12.3. The predicted octanol–water partition coefficient (Wildman–Crippen LogP) is 7.21. The Bertz CT molecular complexity index is 1250. The molecule has 1 aromatic heterocycles. The fourth-order valence-electron chi connectivity index (χ4n) is 4.78. The Balaban J connectivity index is 1.64. The number of aromatic amines is 1. The molecule has 0 bridgehead atoms. The number of carbonyl (C=O) groups excluding carboxylic acids is 1. The topological polar surface area (TPSA) is 61.5 Å². The van der Waals surface area contributed by atoms with Gasteiger partial charge >= 0.3 is 0 Å². The first-order chi connectivity index (χ1) is 16.3. The molecule has 2 aliphatic rings. The summed E-state index contributed by atoms with van der Waals surface area (Å²) >= 11 is 16.3. The van der Waals surface area contributed by atoms with E-state index in [1.54, 1.807) is 23.2 Å². The van der Waals surface area contributed by atoms with Crippen LogP contribution in [0, 0.1) is 0 Å². The van der Waals surface area contributed by atoms with Crippen LogP contribution in [0.1, 0.15) is 55.6 Å². The van der Waals surface area contributed by atoms with E-state index in [1.165, 1.54) is 0 Å². The lowest BCUT2D eigenvalue weighted by Crippen LogP contribution is -2.48. The lowest BCUT2D eigenvalue weighted by Gasteiger charge is -2.36. The van der Waals surface area contributed by atoms with Crippen LogP contribution in [0.25, 0.3) is 11.3 Å². The van der Waals surface area contributed by atoms with Gasteiger partial charge in [0.1, 0.15) is 22.7 Å². The Morgan fingerprint density at radius 2 is 1.85 bits per heavy atom. The minimum atomic E-state index is -0.768. The van der Waals surface area contributed by atoms with Gasteiger partial charge in [-0.1, -0.05) is 52.0 Å². The first-order valence-electron chi connectivity index (χ1n) is 11.4. The molecule has 0 atom stereocenters. The molecule has 2 aromatic carbocycles. The lowest BCUT2D eigenvalue weighted by molar-refractivity contribution is 0.0853. The third-order valence-electron chi connectivity index (χ3n) is 6.34. The Hall–Kier alpha value is -2.06. The van der Waals surface area contributed by atoms with Gasteiger partial charge in [0, 0.05) is 28.1 Å². The average molecular weight is 564 g/mol. The lowest BCUT2D eigenvalue weighted by atomic mass is 9.89. The smallest absolute Gasteiger partial charge is 0.291 e. The van der Waals surface area contributed by atoms with Crippen molar-refractivity contribution in [2.75, 3.05) is 18.1 Å². The highest BCUT2D eigenvalue weighted by Crippen LogP contribution is 2.46. The number of hydrogen-bond donors (Lipinski definition) is 1. The molecule has 6 nitrogen and oxygen atoms in total. The van der Waals surface area contributed by atoms with Crippen LogP contribution < -0.4 is 9.75 Å². The van der Waals surface area contributed by atoms with Gasteiger partial charge in [-0.25, -0.2) is 10.0 Å². The summed E-state index contributed by atoms with van der Waals surface area (Å²) in [6.07, 6.45) is 4.29. The SMILES string of the molecule is CC1(C)Oc2cc(Br)ccc2-c2n[nH]c(C(=O)N(c3ccc(Cl)cc3Cl)N3CCCCCC3)c21. The van der Waals surface area contributed by atoms with E-state index in [0.29, 0.717) is 21.4 Å². The van der Waals surface area contributed by atoms with Crippen molar-refractivity contribution in [2.24, 2.45) is 0 Å². The van der Waals surface area contributed by atoms with Crippen LogP contribution in [0.5, 0.6) is 5.75 Å². The van der Waals surface area contributed by atoms with Crippen molar-refractivity contribution < 1.29 is 9.53 Å². The fraction of sp³-hybridized carbons (Fsp3) is 0.360. The second kappa shape index (κ2) is 9.19. The Morgan fingerprint density at radius 3 is 2.56 bits per heavy atom. The number of ether oxygens (including phenoxy) is 1. The zero-order valence-electron chi connectivity index (χ0n) is 19.0. The molecule has 178 valence electrons. The van der Waals surface area contributed by atoms with E-state index in [1.807, 2.05) is 32.0 Å². The van der Waals surface area contributed by atoms with Crippen LogP contribution in [-0.2, 0) is 5.60 Å². The average Bonchev–Trinajstić information content (AvgIpc) is 3.06. The molecule has 0 unspecified atom stereocenters. The maximum Gasteiger partial charge on any atom is 0.291 e. The van der Waals surface area contributed by atoms with Crippen LogP contribution in [-0.4, -0.2) is 34.2 Å². The maximum absolute atomic E-state index is 14.2. The molecule has 1 N–H and O–H groups in total. The number of nitrogens with one attached hydrogen (secondary N) is 1. The minimum Gasteiger partial charge on any atom is -0.482 e. The van der Waals surface area contributed by atoms with Gasteiger partial charge in [-0.05, 0) is 63.1 Å². The number of amides is 1. The summed E-state index contributed by atoms with van der Waals surface area (Å²) < 4.78 is 7.27. The summed E-state index contributed by atoms with van der Waals surface area (Å²) in [5.74, 6) is 0.500. The number of H-pyrrole nitrogens is 1. The third-order valence-corrected chi connectivity index (χ3v) is 7.37. The van der Waals surface area contributed by atoms with Gasteiger partial charge in [-0.3, -0.25) is 9.89 Å². The Morgan fingerprint density at radius 1 is 1.12 bits per heavy atom. The van der Waals surface area contributed by atoms with Crippen LogP contribution in [0.15, 0.2) is 40.9 Å². The molecule has 0 saturated carbocycles. The number of hydrazine groups is 1. The number of fused-ring (bicyclic) bond motifs is 3. The van der Waals surface area contributed by atoms with Gasteiger partial charge in [0.15, 0.2) is 0 Å². The molecule has 1 amide bonds. The molecular formula is C25H25BrCl2N4O2. The van der Waals surface area contributed by atoms with E-state index in [2.05, 4.69) is 31.1 Å². The molecule has 0 spiro atoms. The van der Waals surface area contributed by atoms with Gasteiger partial charge < -0.3 is 4.74 Å². The van der Waals surface area contributed by atoms with E-state index in [-0.39, 0.29) is 5.91 Å². The van der Waals surface area contributed by atoms with Crippen LogP contribution in [0.2, 0.25) is 10.0 Å². The number of hydrogen-bond acceptors (Lipinski definition) is 4. The van der Waals surface area contributed by atoms with E-state index in [4.69, 9.17) is 27.9 Å². The molecule has 3 aromatic rings. The van der Waals surface area contributed by atoms with E-state index >= 15 is 0 Å². The highest BCUT2D eigenvalue weighted by molar-refractivity contribution is 9.10. The molecule has 1 fully saturated rings. The van der Waals surface area contributed by atoms with E-state index in [9.17, 15) is 4.79 Å². The molecule has 2 aliphatic heterocycles.